The average Bonchev–Trinajstić information content (AvgIpc) is 2.40. The zero-order chi connectivity index (χ0) is 8.44. The van der Waals surface area contributed by atoms with Crippen LogP contribution in [-0.4, -0.2) is 37.9 Å². The van der Waals surface area contributed by atoms with E-state index in [1.807, 2.05) is 0 Å². The Hall–Kier alpha value is -0.120. The van der Waals surface area contributed by atoms with E-state index in [4.69, 9.17) is 4.74 Å². The first-order valence-corrected chi connectivity index (χ1v) is 4.91. The first kappa shape index (κ1) is 8.48. The second kappa shape index (κ2) is 3.32. The van der Waals surface area contributed by atoms with Gasteiger partial charge in [0.05, 0.1) is 12.1 Å². The van der Waals surface area contributed by atoms with Crippen LogP contribution in [0.15, 0.2) is 0 Å². The fraction of sp³-hybridized carbons (Fsp3) is 1.00. The van der Waals surface area contributed by atoms with E-state index >= 15 is 0 Å². The summed E-state index contributed by atoms with van der Waals surface area (Å²) in [7, 11) is 0. The average molecular weight is 170 g/mol. The van der Waals surface area contributed by atoms with Gasteiger partial charge in [0.25, 0.3) is 0 Å². The van der Waals surface area contributed by atoms with E-state index in [-0.39, 0.29) is 5.54 Å². The van der Waals surface area contributed by atoms with Crippen molar-refractivity contribution in [3.8, 4) is 0 Å². The van der Waals surface area contributed by atoms with Crippen LogP contribution in [0.25, 0.3) is 0 Å². The van der Waals surface area contributed by atoms with Crippen molar-refractivity contribution in [1.29, 1.82) is 0 Å². The Kier molecular flexibility index (Phi) is 2.35. The van der Waals surface area contributed by atoms with Gasteiger partial charge in [-0.3, -0.25) is 0 Å². The van der Waals surface area contributed by atoms with Gasteiger partial charge in [0.1, 0.15) is 0 Å². The molecular formula is C9H18N2O. The van der Waals surface area contributed by atoms with Gasteiger partial charge < -0.3 is 15.4 Å². The Morgan fingerprint density at radius 3 is 3.33 bits per heavy atom. The Morgan fingerprint density at radius 1 is 1.58 bits per heavy atom. The van der Waals surface area contributed by atoms with Crippen LogP contribution in [0.1, 0.15) is 19.8 Å². The molecule has 2 N–H and O–H groups in total. The molecule has 0 saturated carbocycles. The molecule has 70 valence electrons. The number of hydrogen-bond donors (Lipinski definition) is 2. The van der Waals surface area contributed by atoms with Gasteiger partial charge >= 0.3 is 0 Å². The molecule has 12 heavy (non-hydrogen) atoms. The minimum absolute atomic E-state index is 0.263. The molecule has 3 nitrogen and oxygen atoms in total. The van der Waals surface area contributed by atoms with Crippen molar-refractivity contribution >= 4 is 0 Å². The molecule has 2 saturated heterocycles. The lowest BCUT2D eigenvalue weighted by Crippen LogP contribution is -2.60. The molecule has 0 radical (unpaired) electrons. The molecule has 2 aliphatic rings. The number of fused-ring (bicyclic) bond motifs is 2. The number of piperazine rings is 1. The van der Waals surface area contributed by atoms with Crippen molar-refractivity contribution in [2.45, 2.75) is 31.3 Å². The maximum Gasteiger partial charge on any atom is 0.0660 e. The molecule has 2 aliphatic heterocycles. The molecule has 0 aliphatic carbocycles. The molecule has 0 amide bonds. The summed E-state index contributed by atoms with van der Waals surface area (Å²) in [6.45, 7) is 5.96. The monoisotopic (exact) mass is 170 g/mol. The number of nitrogens with one attached hydrogen (secondary N) is 2. The highest BCUT2D eigenvalue weighted by Gasteiger charge is 2.41. The van der Waals surface area contributed by atoms with Crippen molar-refractivity contribution < 1.29 is 4.74 Å². The molecule has 0 aromatic heterocycles. The van der Waals surface area contributed by atoms with Crippen LogP contribution >= 0.6 is 0 Å². The first-order chi connectivity index (χ1) is 5.85. The van der Waals surface area contributed by atoms with E-state index in [9.17, 15) is 0 Å². The van der Waals surface area contributed by atoms with Crippen LogP contribution in [0.2, 0.25) is 0 Å². The highest BCUT2D eigenvalue weighted by molar-refractivity contribution is 5.03. The molecule has 2 rings (SSSR count). The van der Waals surface area contributed by atoms with E-state index in [0.29, 0.717) is 6.04 Å². The normalized spacial score (nSPS) is 40.2. The third-order valence-corrected chi connectivity index (χ3v) is 2.92. The molecule has 0 spiro atoms. The second-order valence-corrected chi connectivity index (χ2v) is 3.93. The fourth-order valence-electron chi connectivity index (χ4n) is 2.27. The maximum atomic E-state index is 5.49. The van der Waals surface area contributed by atoms with Gasteiger partial charge in [0.2, 0.25) is 0 Å². The van der Waals surface area contributed by atoms with E-state index in [1.165, 1.54) is 12.8 Å². The molecule has 2 unspecified atom stereocenters. The zero-order valence-corrected chi connectivity index (χ0v) is 7.73. The van der Waals surface area contributed by atoms with E-state index < -0.39 is 0 Å². The summed E-state index contributed by atoms with van der Waals surface area (Å²) in [5, 5.41) is 7.11. The van der Waals surface area contributed by atoms with Crippen LogP contribution in [0.5, 0.6) is 0 Å². The third kappa shape index (κ3) is 1.49. The quantitative estimate of drug-likeness (QED) is 0.631. The molecule has 3 heteroatoms. The Balaban J connectivity index is 1.91. The van der Waals surface area contributed by atoms with Gasteiger partial charge in [-0.05, 0) is 19.8 Å². The maximum absolute atomic E-state index is 5.49. The minimum Gasteiger partial charge on any atom is -0.380 e. The minimum atomic E-state index is 0.263. The Morgan fingerprint density at radius 2 is 2.50 bits per heavy atom. The van der Waals surface area contributed by atoms with Crippen LogP contribution in [0.3, 0.4) is 0 Å². The van der Waals surface area contributed by atoms with Crippen LogP contribution in [0, 0.1) is 0 Å². The van der Waals surface area contributed by atoms with Gasteiger partial charge in [-0.2, -0.15) is 0 Å². The summed E-state index contributed by atoms with van der Waals surface area (Å²) >= 11 is 0. The van der Waals surface area contributed by atoms with E-state index in [2.05, 4.69) is 17.6 Å². The first-order valence-electron chi connectivity index (χ1n) is 4.91. The summed E-state index contributed by atoms with van der Waals surface area (Å²) in [4.78, 5) is 0. The largest absolute Gasteiger partial charge is 0.380 e. The number of hydrogen-bond acceptors (Lipinski definition) is 3. The van der Waals surface area contributed by atoms with Gasteiger partial charge in [0, 0.05) is 25.7 Å². The van der Waals surface area contributed by atoms with Crippen LogP contribution < -0.4 is 10.6 Å². The predicted octanol–water partition coefficient (Wildman–Crippen LogP) is 0.117. The lowest BCUT2D eigenvalue weighted by Gasteiger charge is -2.34. The van der Waals surface area contributed by atoms with Crippen LogP contribution in [0.4, 0.5) is 0 Å². The topological polar surface area (TPSA) is 33.3 Å². The number of rotatable bonds is 3. The lowest BCUT2D eigenvalue weighted by atomic mass is 9.99. The SMILES string of the molecule is CCOCC12CCC(CNC1)N2. The highest BCUT2D eigenvalue weighted by Crippen LogP contribution is 2.26. The summed E-state index contributed by atoms with van der Waals surface area (Å²) in [6, 6.07) is 0.694. The Labute approximate surface area is 73.9 Å². The van der Waals surface area contributed by atoms with Crippen molar-refractivity contribution in [3.05, 3.63) is 0 Å². The fourth-order valence-corrected chi connectivity index (χ4v) is 2.27. The molecule has 2 bridgehead atoms. The molecule has 0 aromatic carbocycles. The standard InChI is InChI=1S/C9H18N2O/c1-2-12-7-9-4-3-8(11-9)5-10-6-9/h8,10-11H,2-7H2,1H3. The van der Waals surface area contributed by atoms with Crippen molar-refractivity contribution in [1.82, 2.24) is 10.6 Å². The highest BCUT2D eigenvalue weighted by atomic mass is 16.5. The van der Waals surface area contributed by atoms with Crippen molar-refractivity contribution in [2.75, 3.05) is 26.3 Å². The molecular weight excluding hydrogens is 152 g/mol. The molecule has 2 fully saturated rings. The van der Waals surface area contributed by atoms with E-state index in [0.717, 1.165) is 26.3 Å². The van der Waals surface area contributed by atoms with Gasteiger partial charge in [0.15, 0.2) is 0 Å². The van der Waals surface area contributed by atoms with E-state index in [1.54, 1.807) is 0 Å². The smallest absolute Gasteiger partial charge is 0.0660 e. The van der Waals surface area contributed by atoms with Gasteiger partial charge in [-0.25, -0.2) is 0 Å². The third-order valence-electron chi connectivity index (χ3n) is 2.92. The zero-order valence-electron chi connectivity index (χ0n) is 7.73. The summed E-state index contributed by atoms with van der Waals surface area (Å²) in [5.74, 6) is 0. The summed E-state index contributed by atoms with van der Waals surface area (Å²) in [5.41, 5.74) is 0.263. The molecule has 2 atom stereocenters. The summed E-state index contributed by atoms with van der Waals surface area (Å²) in [6.07, 6.45) is 2.57. The summed E-state index contributed by atoms with van der Waals surface area (Å²) < 4.78 is 5.49. The predicted molar refractivity (Wildman–Crippen MR) is 48.3 cm³/mol. The number of ether oxygens (including phenoxy) is 1. The van der Waals surface area contributed by atoms with Crippen molar-refractivity contribution in [3.63, 3.8) is 0 Å². The lowest BCUT2D eigenvalue weighted by molar-refractivity contribution is 0.0762. The van der Waals surface area contributed by atoms with Gasteiger partial charge in [-0.15, -0.1) is 0 Å². The van der Waals surface area contributed by atoms with Crippen LogP contribution in [-0.2, 0) is 4.74 Å². The second-order valence-electron chi connectivity index (χ2n) is 3.93. The van der Waals surface area contributed by atoms with Gasteiger partial charge in [-0.1, -0.05) is 0 Å². The Bertz CT molecular complexity index is 159. The molecule has 0 aromatic rings. The molecule has 2 heterocycles. The van der Waals surface area contributed by atoms with Crippen molar-refractivity contribution in [2.24, 2.45) is 0 Å².